The minimum Gasteiger partial charge on any atom is -0.314 e. The number of nitrogens with one attached hydrogen (secondary N) is 1. The molecule has 0 radical (unpaired) electrons. The molecule has 2 unspecified atom stereocenters. The quantitative estimate of drug-likeness (QED) is 0.833. The van der Waals surface area contributed by atoms with E-state index >= 15 is 0 Å². The van der Waals surface area contributed by atoms with Gasteiger partial charge in [-0.25, -0.2) is 0 Å². The fourth-order valence-corrected chi connectivity index (χ4v) is 2.44. The molecule has 0 amide bonds. The molecular weight excluding hydrogens is 222 g/mol. The van der Waals surface area contributed by atoms with Crippen LogP contribution in [0, 0.1) is 0 Å². The van der Waals surface area contributed by atoms with Gasteiger partial charge in [0.1, 0.15) is 0 Å². The highest BCUT2D eigenvalue weighted by atomic mass is 35.5. The molecule has 0 bridgehead atoms. The second kappa shape index (κ2) is 6.26. The summed E-state index contributed by atoms with van der Waals surface area (Å²) in [5.41, 5.74) is 1.13. The van der Waals surface area contributed by atoms with Crippen molar-refractivity contribution in [1.82, 2.24) is 15.1 Å². The summed E-state index contributed by atoms with van der Waals surface area (Å²) in [5, 5.41) is 8.44. The summed E-state index contributed by atoms with van der Waals surface area (Å²) in [6, 6.07) is 0.515. The van der Waals surface area contributed by atoms with Gasteiger partial charge in [0.15, 0.2) is 0 Å². The average Bonchev–Trinajstić information content (AvgIpc) is 2.55. The first-order valence-corrected chi connectivity index (χ1v) is 6.34. The van der Waals surface area contributed by atoms with Gasteiger partial charge in [-0.15, -0.1) is 0 Å². The van der Waals surface area contributed by atoms with Crippen LogP contribution >= 0.6 is 11.6 Å². The van der Waals surface area contributed by atoms with Gasteiger partial charge in [-0.05, 0) is 26.3 Å². The Morgan fingerprint density at radius 2 is 2.19 bits per heavy atom. The lowest BCUT2D eigenvalue weighted by Gasteiger charge is -2.19. The van der Waals surface area contributed by atoms with Crippen molar-refractivity contribution in [3.05, 3.63) is 16.9 Å². The minimum atomic E-state index is 0.430. The normalized spacial score (nSPS) is 15.1. The van der Waals surface area contributed by atoms with Crippen molar-refractivity contribution in [2.45, 2.75) is 45.6 Å². The zero-order valence-corrected chi connectivity index (χ0v) is 11.4. The summed E-state index contributed by atoms with van der Waals surface area (Å²) in [5.74, 6) is 0.430. The van der Waals surface area contributed by atoms with Crippen LogP contribution < -0.4 is 5.32 Å². The molecular formula is C12H22ClN3. The van der Waals surface area contributed by atoms with Crippen LogP contribution in [0.5, 0.6) is 0 Å². The van der Waals surface area contributed by atoms with Gasteiger partial charge in [0.05, 0.1) is 16.9 Å². The third-order valence-corrected chi connectivity index (χ3v) is 3.15. The molecule has 0 spiro atoms. The molecule has 4 heteroatoms. The average molecular weight is 244 g/mol. The molecule has 16 heavy (non-hydrogen) atoms. The molecule has 1 aromatic heterocycles. The largest absolute Gasteiger partial charge is 0.314 e. The van der Waals surface area contributed by atoms with E-state index in [9.17, 15) is 0 Å². The van der Waals surface area contributed by atoms with Crippen molar-refractivity contribution < 1.29 is 0 Å². The maximum absolute atomic E-state index is 6.12. The van der Waals surface area contributed by atoms with Crippen LogP contribution in [0.4, 0.5) is 0 Å². The van der Waals surface area contributed by atoms with Crippen LogP contribution in [-0.4, -0.2) is 22.4 Å². The van der Waals surface area contributed by atoms with E-state index in [1.807, 2.05) is 11.7 Å². The number of rotatable bonds is 6. The third-order valence-electron chi connectivity index (χ3n) is 2.85. The van der Waals surface area contributed by atoms with Crippen molar-refractivity contribution in [1.29, 1.82) is 0 Å². The van der Waals surface area contributed by atoms with Gasteiger partial charge in [0, 0.05) is 19.0 Å². The van der Waals surface area contributed by atoms with Crippen LogP contribution in [-0.2, 0) is 7.05 Å². The first-order chi connectivity index (χ1) is 7.56. The van der Waals surface area contributed by atoms with E-state index in [-0.39, 0.29) is 0 Å². The molecule has 1 N–H and O–H groups in total. The fraction of sp³-hybridized carbons (Fsp3) is 0.750. The zero-order chi connectivity index (χ0) is 12.1. The number of hydrogen-bond acceptors (Lipinski definition) is 2. The summed E-state index contributed by atoms with van der Waals surface area (Å²) in [4.78, 5) is 0. The molecule has 1 aromatic rings. The highest BCUT2D eigenvalue weighted by Gasteiger charge is 2.16. The van der Waals surface area contributed by atoms with Gasteiger partial charge < -0.3 is 5.32 Å². The topological polar surface area (TPSA) is 29.9 Å². The molecule has 2 atom stereocenters. The molecule has 3 nitrogen and oxygen atoms in total. The highest BCUT2D eigenvalue weighted by molar-refractivity contribution is 6.31. The van der Waals surface area contributed by atoms with Gasteiger partial charge in [-0.1, -0.05) is 25.4 Å². The lowest BCUT2D eigenvalue weighted by molar-refractivity contribution is 0.466. The smallest absolute Gasteiger partial charge is 0.0820 e. The van der Waals surface area contributed by atoms with Crippen molar-refractivity contribution in [2.24, 2.45) is 7.05 Å². The van der Waals surface area contributed by atoms with Gasteiger partial charge in [0.2, 0.25) is 0 Å². The van der Waals surface area contributed by atoms with Gasteiger partial charge in [0.25, 0.3) is 0 Å². The number of halogens is 1. The molecule has 0 aromatic carbocycles. The summed E-state index contributed by atoms with van der Waals surface area (Å²) in [6.07, 6.45) is 3.97. The molecule has 0 saturated carbocycles. The summed E-state index contributed by atoms with van der Waals surface area (Å²) >= 11 is 6.12. The Morgan fingerprint density at radius 3 is 2.69 bits per heavy atom. The second-order valence-corrected chi connectivity index (χ2v) is 4.90. The molecule has 1 heterocycles. The Labute approximate surface area is 103 Å². The van der Waals surface area contributed by atoms with E-state index in [1.54, 1.807) is 6.20 Å². The van der Waals surface area contributed by atoms with Crippen molar-refractivity contribution in [3.8, 4) is 0 Å². The molecule has 0 aliphatic heterocycles. The molecule has 1 rings (SSSR count). The molecule has 0 aliphatic carbocycles. The maximum atomic E-state index is 6.12. The van der Waals surface area contributed by atoms with Crippen LogP contribution in [0.2, 0.25) is 5.02 Å². The SMILES string of the molecule is CCCNC(C)CC(C)c1c(Cl)cnn1C. The van der Waals surface area contributed by atoms with Crippen LogP contribution in [0.3, 0.4) is 0 Å². The Kier molecular flexibility index (Phi) is 5.29. The fourth-order valence-electron chi connectivity index (χ4n) is 2.09. The van der Waals surface area contributed by atoms with Crippen LogP contribution in [0.15, 0.2) is 6.20 Å². The van der Waals surface area contributed by atoms with Gasteiger partial charge in [-0.2, -0.15) is 5.10 Å². The summed E-state index contributed by atoms with van der Waals surface area (Å²) < 4.78 is 1.87. The second-order valence-electron chi connectivity index (χ2n) is 4.49. The Hall–Kier alpha value is -0.540. The predicted molar refractivity (Wildman–Crippen MR) is 69.0 cm³/mol. The zero-order valence-electron chi connectivity index (χ0n) is 10.6. The van der Waals surface area contributed by atoms with Crippen molar-refractivity contribution >= 4 is 11.6 Å². The van der Waals surface area contributed by atoms with Gasteiger partial charge >= 0.3 is 0 Å². The van der Waals surface area contributed by atoms with E-state index in [1.165, 1.54) is 6.42 Å². The van der Waals surface area contributed by atoms with Crippen LogP contribution in [0.1, 0.15) is 45.2 Å². The van der Waals surface area contributed by atoms with Crippen molar-refractivity contribution in [2.75, 3.05) is 6.54 Å². The number of aromatic nitrogens is 2. The summed E-state index contributed by atoms with van der Waals surface area (Å²) in [7, 11) is 1.95. The lowest BCUT2D eigenvalue weighted by atomic mass is 9.99. The monoisotopic (exact) mass is 243 g/mol. The number of nitrogens with zero attached hydrogens (tertiary/aromatic N) is 2. The van der Waals surface area contributed by atoms with Crippen LogP contribution in [0.25, 0.3) is 0 Å². The number of hydrogen-bond donors (Lipinski definition) is 1. The third kappa shape index (κ3) is 3.49. The van der Waals surface area contributed by atoms with E-state index < -0.39 is 0 Å². The molecule has 0 fully saturated rings. The Balaban J connectivity index is 2.55. The Bertz CT molecular complexity index is 303. The Morgan fingerprint density at radius 1 is 1.50 bits per heavy atom. The minimum absolute atomic E-state index is 0.430. The molecule has 0 aliphatic rings. The van der Waals surface area contributed by atoms with E-state index in [4.69, 9.17) is 11.6 Å². The van der Waals surface area contributed by atoms with E-state index in [0.29, 0.717) is 12.0 Å². The standard InChI is InChI=1S/C12H22ClN3/c1-5-6-14-10(3)7-9(2)12-11(13)8-15-16(12)4/h8-10,14H,5-7H2,1-4H3. The first-order valence-electron chi connectivity index (χ1n) is 5.97. The predicted octanol–water partition coefficient (Wildman–Crippen LogP) is 2.96. The highest BCUT2D eigenvalue weighted by Crippen LogP contribution is 2.26. The molecule has 92 valence electrons. The molecule has 0 saturated heterocycles. The van der Waals surface area contributed by atoms with E-state index in [0.717, 1.165) is 23.7 Å². The van der Waals surface area contributed by atoms with E-state index in [2.05, 4.69) is 31.2 Å². The van der Waals surface area contributed by atoms with Gasteiger partial charge in [-0.3, -0.25) is 4.68 Å². The summed E-state index contributed by atoms with van der Waals surface area (Å²) in [6.45, 7) is 7.68. The van der Waals surface area contributed by atoms with Crippen molar-refractivity contribution in [3.63, 3.8) is 0 Å². The first kappa shape index (κ1) is 13.5. The maximum Gasteiger partial charge on any atom is 0.0820 e. The number of aryl methyl sites for hydroxylation is 1. The lowest BCUT2D eigenvalue weighted by Crippen LogP contribution is -2.28.